The zero-order valence-electron chi connectivity index (χ0n) is 8.31. The van der Waals surface area contributed by atoms with E-state index in [-0.39, 0.29) is 0 Å². The van der Waals surface area contributed by atoms with Crippen molar-refractivity contribution in [2.75, 3.05) is 11.4 Å². The molecule has 0 aromatic heterocycles. The fourth-order valence-corrected chi connectivity index (χ4v) is 1.67. The fraction of sp³-hybridized carbons (Fsp3) is 0.364. The van der Waals surface area contributed by atoms with Crippen molar-refractivity contribution in [1.29, 1.82) is 0 Å². The number of nitrogens with zero attached hydrogens (tertiary/aromatic N) is 1. The fourth-order valence-electron chi connectivity index (χ4n) is 1.26. The van der Waals surface area contributed by atoms with Crippen LogP contribution in [0.1, 0.15) is 19.8 Å². The first-order valence-electron chi connectivity index (χ1n) is 4.81. The van der Waals surface area contributed by atoms with E-state index in [0.29, 0.717) is 4.32 Å². The summed E-state index contributed by atoms with van der Waals surface area (Å²) in [6, 6.07) is 10.1. The number of thiol groups is 1. The number of rotatable bonds is 4. The molecule has 0 aliphatic heterocycles. The van der Waals surface area contributed by atoms with E-state index in [4.69, 9.17) is 12.2 Å². The molecule has 0 atom stereocenters. The predicted octanol–water partition coefficient (Wildman–Crippen LogP) is 3.51. The normalized spacial score (nSPS) is 9.86. The third-order valence-corrected chi connectivity index (χ3v) is 2.50. The van der Waals surface area contributed by atoms with Crippen LogP contribution < -0.4 is 4.90 Å². The Bertz CT molecular complexity index is 285. The van der Waals surface area contributed by atoms with E-state index in [0.717, 1.165) is 18.7 Å². The van der Waals surface area contributed by atoms with Gasteiger partial charge in [-0.3, -0.25) is 0 Å². The minimum absolute atomic E-state index is 0.643. The van der Waals surface area contributed by atoms with E-state index >= 15 is 0 Å². The van der Waals surface area contributed by atoms with Crippen molar-refractivity contribution in [2.24, 2.45) is 0 Å². The van der Waals surface area contributed by atoms with Crippen LogP contribution in [0, 0.1) is 0 Å². The SMILES string of the molecule is CCCCN(C(=S)S)c1ccccc1. The molecule has 0 amide bonds. The van der Waals surface area contributed by atoms with Crippen molar-refractivity contribution in [3.63, 3.8) is 0 Å². The van der Waals surface area contributed by atoms with Crippen LogP contribution in [-0.4, -0.2) is 10.9 Å². The molecule has 0 bridgehead atoms. The highest BCUT2D eigenvalue weighted by Gasteiger charge is 2.06. The van der Waals surface area contributed by atoms with E-state index in [9.17, 15) is 0 Å². The summed E-state index contributed by atoms with van der Waals surface area (Å²) in [7, 11) is 0. The smallest absolute Gasteiger partial charge is 0.137 e. The quantitative estimate of drug-likeness (QED) is 0.617. The van der Waals surface area contributed by atoms with Crippen molar-refractivity contribution in [3.8, 4) is 0 Å². The Morgan fingerprint density at radius 3 is 2.50 bits per heavy atom. The van der Waals surface area contributed by atoms with Crippen LogP contribution in [0.4, 0.5) is 5.69 Å². The highest BCUT2D eigenvalue weighted by molar-refractivity contribution is 8.11. The van der Waals surface area contributed by atoms with Crippen molar-refractivity contribution in [2.45, 2.75) is 19.8 Å². The monoisotopic (exact) mass is 225 g/mol. The Morgan fingerprint density at radius 1 is 1.36 bits per heavy atom. The van der Waals surface area contributed by atoms with Crippen molar-refractivity contribution < 1.29 is 0 Å². The number of hydrogen-bond acceptors (Lipinski definition) is 1. The van der Waals surface area contributed by atoms with Crippen LogP contribution in [0.25, 0.3) is 0 Å². The van der Waals surface area contributed by atoms with Crippen molar-refractivity contribution in [1.82, 2.24) is 0 Å². The molecule has 0 radical (unpaired) electrons. The van der Waals surface area contributed by atoms with Crippen LogP contribution in [0.2, 0.25) is 0 Å². The van der Waals surface area contributed by atoms with Crippen LogP contribution in [0.3, 0.4) is 0 Å². The first-order valence-corrected chi connectivity index (χ1v) is 5.66. The molecular weight excluding hydrogens is 210 g/mol. The van der Waals surface area contributed by atoms with Crippen molar-refractivity contribution >= 4 is 34.9 Å². The summed E-state index contributed by atoms with van der Waals surface area (Å²) in [5.74, 6) is 0. The van der Waals surface area contributed by atoms with Crippen LogP contribution >= 0.6 is 24.8 Å². The van der Waals surface area contributed by atoms with Gasteiger partial charge in [-0.05, 0) is 18.6 Å². The van der Waals surface area contributed by atoms with E-state index in [1.807, 2.05) is 18.2 Å². The van der Waals surface area contributed by atoms with Gasteiger partial charge in [0.15, 0.2) is 0 Å². The van der Waals surface area contributed by atoms with Gasteiger partial charge >= 0.3 is 0 Å². The van der Waals surface area contributed by atoms with Gasteiger partial charge in [0.05, 0.1) is 0 Å². The Balaban J connectivity index is 2.73. The second kappa shape index (κ2) is 6.04. The lowest BCUT2D eigenvalue weighted by atomic mass is 10.2. The molecule has 0 spiro atoms. The molecule has 1 rings (SSSR count). The van der Waals surface area contributed by atoms with Gasteiger partial charge in [0.25, 0.3) is 0 Å². The summed E-state index contributed by atoms with van der Waals surface area (Å²) in [5.41, 5.74) is 1.13. The molecule has 76 valence electrons. The molecule has 0 N–H and O–H groups in total. The Hall–Kier alpha value is -0.540. The van der Waals surface area contributed by atoms with Gasteiger partial charge in [-0.2, -0.15) is 0 Å². The number of thiocarbonyl (C=S) groups is 1. The molecule has 0 aliphatic carbocycles. The molecule has 1 nitrogen and oxygen atoms in total. The average molecular weight is 225 g/mol. The lowest BCUT2D eigenvalue weighted by Gasteiger charge is -2.22. The summed E-state index contributed by atoms with van der Waals surface area (Å²) in [4.78, 5) is 2.06. The highest BCUT2D eigenvalue weighted by atomic mass is 32.1. The van der Waals surface area contributed by atoms with Gasteiger partial charge in [0.1, 0.15) is 4.32 Å². The molecule has 1 aromatic rings. The molecule has 14 heavy (non-hydrogen) atoms. The number of anilines is 1. The number of para-hydroxylation sites is 1. The van der Waals surface area contributed by atoms with E-state index in [1.54, 1.807) is 0 Å². The molecule has 0 fully saturated rings. The maximum Gasteiger partial charge on any atom is 0.137 e. The third-order valence-electron chi connectivity index (χ3n) is 2.03. The lowest BCUT2D eigenvalue weighted by Crippen LogP contribution is -2.26. The molecule has 0 aliphatic rings. The van der Waals surface area contributed by atoms with Gasteiger partial charge in [0, 0.05) is 12.2 Å². The minimum atomic E-state index is 0.643. The average Bonchev–Trinajstić information content (AvgIpc) is 2.19. The van der Waals surface area contributed by atoms with Crippen molar-refractivity contribution in [3.05, 3.63) is 30.3 Å². The molecule has 3 heteroatoms. The van der Waals surface area contributed by atoms with Gasteiger partial charge < -0.3 is 4.90 Å². The summed E-state index contributed by atoms with van der Waals surface area (Å²) in [6.45, 7) is 3.12. The van der Waals surface area contributed by atoms with Crippen LogP contribution in [-0.2, 0) is 0 Å². The van der Waals surface area contributed by atoms with E-state index in [1.165, 1.54) is 6.42 Å². The Morgan fingerprint density at radius 2 is 2.00 bits per heavy atom. The first kappa shape index (κ1) is 11.5. The van der Waals surface area contributed by atoms with Gasteiger partial charge in [-0.25, -0.2) is 0 Å². The predicted molar refractivity (Wildman–Crippen MR) is 70.3 cm³/mol. The highest BCUT2D eigenvalue weighted by Crippen LogP contribution is 2.16. The standard InChI is InChI=1S/C11H15NS2/c1-2-3-9-12(11(13)14)10-7-5-4-6-8-10/h4-8H,2-3,9H2,1H3,(H,13,14). The molecule has 1 aromatic carbocycles. The molecular formula is C11H15NS2. The summed E-state index contributed by atoms with van der Waals surface area (Å²) >= 11 is 9.34. The second-order valence-corrected chi connectivity index (χ2v) is 4.24. The topological polar surface area (TPSA) is 3.24 Å². The number of benzene rings is 1. The van der Waals surface area contributed by atoms with Crippen LogP contribution in [0.15, 0.2) is 30.3 Å². The van der Waals surface area contributed by atoms with E-state index in [2.05, 4.69) is 36.6 Å². The summed E-state index contributed by atoms with van der Waals surface area (Å²) in [6.07, 6.45) is 2.30. The lowest BCUT2D eigenvalue weighted by molar-refractivity contribution is 0.800. The van der Waals surface area contributed by atoms with E-state index < -0.39 is 0 Å². The third kappa shape index (κ3) is 3.31. The first-order chi connectivity index (χ1) is 6.75. The minimum Gasteiger partial charge on any atom is -0.328 e. The molecule has 0 saturated carbocycles. The molecule has 0 saturated heterocycles. The Kier molecular flexibility index (Phi) is 4.98. The van der Waals surface area contributed by atoms with Gasteiger partial charge in [-0.15, -0.1) is 12.6 Å². The zero-order chi connectivity index (χ0) is 10.4. The van der Waals surface area contributed by atoms with Gasteiger partial charge in [0.2, 0.25) is 0 Å². The zero-order valence-corrected chi connectivity index (χ0v) is 10.0. The maximum atomic E-state index is 5.10. The Labute approximate surface area is 96.5 Å². The largest absolute Gasteiger partial charge is 0.328 e. The molecule has 0 unspecified atom stereocenters. The summed E-state index contributed by atoms with van der Waals surface area (Å²) in [5, 5.41) is 0. The number of hydrogen-bond donors (Lipinski definition) is 1. The number of unbranched alkanes of at least 4 members (excludes halogenated alkanes) is 1. The maximum absolute atomic E-state index is 5.10. The summed E-state index contributed by atoms with van der Waals surface area (Å²) < 4.78 is 0.643. The molecule has 0 heterocycles. The second-order valence-electron chi connectivity index (χ2n) is 3.12. The van der Waals surface area contributed by atoms with Gasteiger partial charge in [-0.1, -0.05) is 43.8 Å². The van der Waals surface area contributed by atoms with Crippen LogP contribution in [0.5, 0.6) is 0 Å².